The third-order valence-corrected chi connectivity index (χ3v) is 5.77. The maximum Gasteiger partial charge on any atom is 0.224 e. The number of hydrogen-bond donors (Lipinski definition) is 3. The predicted octanol–water partition coefficient (Wildman–Crippen LogP) is 5.11. The van der Waals surface area contributed by atoms with E-state index in [4.69, 9.17) is 9.97 Å². The Morgan fingerprint density at radius 1 is 0.972 bits per heavy atom. The number of carbonyl (C=O) groups is 1. The van der Waals surface area contributed by atoms with Crippen LogP contribution in [-0.2, 0) is 4.79 Å². The Morgan fingerprint density at radius 3 is 2.72 bits per heavy atom. The van der Waals surface area contributed by atoms with Crippen LogP contribution in [0.2, 0.25) is 0 Å². The zero-order valence-corrected chi connectivity index (χ0v) is 19.1. The lowest BCUT2D eigenvalue weighted by Crippen LogP contribution is -2.09. The van der Waals surface area contributed by atoms with Gasteiger partial charge in [-0.3, -0.25) is 19.9 Å². The van der Waals surface area contributed by atoms with Crippen LogP contribution in [0.25, 0.3) is 56.1 Å². The highest BCUT2D eigenvalue weighted by atomic mass is 19.1. The van der Waals surface area contributed by atoms with E-state index in [1.54, 1.807) is 37.6 Å². The molecule has 36 heavy (non-hydrogen) atoms. The normalized spacial score (nSPS) is 11.3. The lowest BCUT2D eigenvalue weighted by molar-refractivity contribution is -0.115. The van der Waals surface area contributed by atoms with Gasteiger partial charge in [0.05, 0.1) is 34.3 Å². The number of carbonyl (C=O) groups excluding carboxylic acids is 1. The molecule has 6 aromatic rings. The van der Waals surface area contributed by atoms with Gasteiger partial charge in [0.25, 0.3) is 0 Å². The van der Waals surface area contributed by atoms with E-state index < -0.39 is 0 Å². The molecule has 5 heterocycles. The van der Waals surface area contributed by atoms with Gasteiger partial charge in [0.15, 0.2) is 11.5 Å². The van der Waals surface area contributed by atoms with Crippen molar-refractivity contribution in [1.82, 2.24) is 35.1 Å². The first kappa shape index (κ1) is 21.5. The molecule has 6 rings (SSSR count). The molecule has 0 spiro atoms. The molecule has 5 aromatic heterocycles. The number of hydrogen-bond acceptors (Lipinski definition) is 6. The number of nitrogens with zero attached hydrogens (tertiary/aromatic N) is 5. The summed E-state index contributed by atoms with van der Waals surface area (Å²) in [7, 11) is 0. The molecule has 0 aliphatic carbocycles. The van der Waals surface area contributed by atoms with E-state index in [1.807, 2.05) is 24.3 Å². The van der Waals surface area contributed by atoms with Gasteiger partial charge in [0.1, 0.15) is 16.9 Å². The van der Waals surface area contributed by atoms with Gasteiger partial charge in [-0.25, -0.2) is 14.4 Å². The van der Waals surface area contributed by atoms with Crippen molar-refractivity contribution < 1.29 is 9.18 Å². The van der Waals surface area contributed by atoms with Crippen molar-refractivity contribution in [2.45, 2.75) is 13.3 Å². The van der Waals surface area contributed by atoms with Gasteiger partial charge in [-0.15, -0.1) is 0 Å². The summed E-state index contributed by atoms with van der Waals surface area (Å²) >= 11 is 0. The number of benzene rings is 1. The molecule has 0 saturated carbocycles. The fraction of sp³-hybridized carbons (Fsp3) is 0.0769. The summed E-state index contributed by atoms with van der Waals surface area (Å²) < 4.78 is 13.8. The summed E-state index contributed by atoms with van der Waals surface area (Å²) in [5.74, 6) is 0.0741. The van der Waals surface area contributed by atoms with Crippen molar-refractivity contribution in [1.29, 1.82) is 0 Å². The molecule has 0 bridgehead atoms. The van der Waals surface area contributed by atoms with Crippen LogP contribution in [0.3, 0.4) is 0 Å². The van der Waals surface area contributed by atoms with E-state index in [-0.39, 0.29) is 11.7 Å². The zero-order valence-electron chi connectivity index (χ0n) is 19.1. The number of imidazole rings is 1. The van der Waals surface area contributed by atoms with E-state index >= 15 is 0 Å². The van der Waals surface area contributed by atoms with Crippen LogP contribution < -0.4 is 5.32 Å². The average Bonchev–Trinajstić information content (AvgIpc) is 3.52. The number of pyridine rings is 3. The Hall–Kier alpha value is -4.99. The average molecular weight is 478 g/mol. The van der Waals surface area contributed by atoms with Crippen LogP contribution in [0.15, 0.2) is 67.1 Å². The fourth-order valence-corrected chi connectivity index (χ4v) is 4.02. The molecule has 0 saturated heterocycles. The number of fused-ring (bicyclic) bond motifs is 2. The lowest BCUT2D eigenvalue weighted by Gasteiger charge is -2.06. The number of H-pyrrole nitrogens is 2. The Morgan fingerprint density at radius 2 is 1.86 bits per heavy atom. The van der Waals surface area contributed by atoms with Crippen LogP contribution >= 0.6 is 0 Å². The van der Waals surface area contributed by atoms with Crippen molar-refractivity contribution in [3.63, 3.8) is 0 Å². The van der Waals surface area contributed by atoms with Crippen molar-refractivity contribution in [2.75, 3.05) is 5.32 Å². The Kier molecular flexibility index (Phi) is 5.18. The number of aromatic nitrogens is 7. The molecule has 0 atom stereocenters. The van der Waals surface area contributed by atoms with E-state index in [2.05, 4.69) is 30.5 Å². The number of aromatic amines is 2. The van der Waals surface area contributed by atoms with Crippen molar-refractivity contribution >= 4 is 33.7 Å². The second-order valence-electron chi connectivity index (χ2n) is 8.18. The predicted molar refractivity (Wildman–Crippen MR) is 134 cm³/mol. The maximum absolute atomic E-state index is 13.8. The molecule has 0 aliphatic rings. The standard InChI is InChI=1S/C26H19FN8O/c1-2-21(36)30-17-11-15(12-28-13-17)18-6-7-20-24(31-18)25(35-34-20)26-32-19-8-9-29-22(23(19)33-26)14-4-3-5-16(27)10-14/h3-13H,2H2,1H3,(H,30,36)(H,32,33)(H,34,35). The van der Waals surface area contributed by atoms with Gasteiger partial charge in [-0.1, -0.05) is 19.1 Å². The largest absolute Gasteiger partial charge is 0.336 e. The van der Waals surface area contributed by atoms with Crippen LogP contribution in [0.5, 0.6) is 0 Å². The molecule has 1 amide bonds. The summed E-state index contributed by atoms with van der Waals surface area (Å²) in [5, 5.41) is 10.3. The molecule has 3 N–H and O–H groups in total. The van der Waals surface area contributed by atoms with Gasteiger partial charge in [0, 0.05) is 29.9 Å². The van der Waals surface area contributed by atoms with Gasteiger partial charge in [0.2, 0.25) is 5.91 Å². The van der Waals surface area contributed by atoms with E-state index in [1.165, 1.54) is 12.1 Å². The minimum Gasteiger partial charge on any atom is -0.336 e. The molecule has 10 heteroatoms. The summed E-state index contributed by atoms with van der Waals surface area (Å²) in [6.45, 7) is 1.79. The van der Waals surface area contributed by atoms with E-state index in [9.17, 15) is 9.18 Å². The summed E-state index contributed by atoms with van der Waals surface area (Å²) in [6, 6.07) is 13.6. The highest BCUT2D eigenvalue weighted by Crippen LogP contribution is 2.31. The molecular weight excluding hydrogens is 459 g/mol. The Labute approximate surface area is 203 Å². The van der Waals surface area contributed by atoms with Gasteiger partial charge >= 0.3 is 0 Å². The number of anilines is 1. The van der Waals surface area contributed by atoms with E-state index in [0.29, 0.717) is 51.6 Å². The zero-order chi connectivity index (χ0) is 24.6. The number of nitrogens with one attached hydrogen (secondary N) is 3. The second kappa shape index (κ2) is 8.66. The Balaban J connectivity index is 1.43. The summed E-state index contributed by atoms with van der Waals surface area (Å²) in [6.07, 6.45) is 5.31. The fourth-order valence-electron chi connectivity index (χ4n) is 4.02. The highest BCUT2D eigenvalue weighted by molar-refractivity contribution is 5.95. The lowest BCUT2D eigenvalue weighted by atomic mass is 10.1. The SMILES string of the molecule is CCC(=O)Nc1cncc(-c2ccc3[nH]nc(-c4nc5c(-c6cccc(F)c6)nccc5[nH]4)c3n2)c1. The number of halogens is 1. The van der Waals surface area contributed by atoms with Crippen molar-refractivity contribution in [3.8, 4) is 34.0 Å². The molecule has 0 unspecified atom stereocenters. The summed E-state index contributed by atoms with van der Waals surface area (Å²) in [5.41, 5.74) is 6.47. The smallest absolute Gasteiger partial charge is 0.224 e. The van der Waals surface area contributed by atoms with Crippen LogP contribution in [-0.4, -0.2) is 41.0 Å². The highest BCUT2D eigenvalue weighted by Gasteiger charge is 2.17. The monoisotopic (exact) mass is 478 g/mol. The third-order valence-electron chi connectivity index (χ3n) is 5.77. The first-order chi connectivity index (χ1) is 17.6. The van der Waals surface area contributed by atoms with Crippen LogP contribution in [0.4, 0.5) is 10.1 Å². The third kappa shape index (κ3) is 3.84. The molecule has 0 aliphatic heterocycles. The van der Waals surface area contributed by atoms with Gasteiger partial charge in [-0.2, -0.15) is 5.10 Å². The van der Waals surface area contributed by atoms with E-state index in [0.717, 1.165) is 16.6 Å². The quantitative estimate of drug-likeness (QED) is 0.316. The second-order valence-corrected chi connectivity index (χ2v) is 8.18. The first-order valence-electron chi connectivity index (χ1n) is 11.3. The molecule has 0 fully saturated rings. The van der Waals surface area contributed by atoms with Gasteiger partial charge < -0.3 is 10.3 Å². The number of amides is 1. The molecule has 176 valence electrons. The van der Waals surface area contributed by atoms with Crippen LogP contribution in [0.1, 0.15) is 13.3 Å². The Bertz CT molecular complexity index is 1760. The number of rotatable bonds is 5. The minimum absolute atomic E-state index is 0.0912. The minimum atomic E-state index is -0.343. The molecule has 9 nitrogen and oxygen atoms in total. The van der Waals surface area contributed by atoms with Gasteiger partial charge in [-0.05, 0) is 36.4 Å². The topological polar surface area (TPSA) is 125 Å². The molecule has 1 aromatic carbocycles. The van der Waals surface area contributed by atoms with Crippen LogP contribution in [0, 0.1) is 5.82 Å². The molecule has 0 radical (unpaired) electrons. The van der Waals surface area contributed by atoms with Crippen molar-refractivity contribution in [3.05, 3.63) is 72.9 Å². The molecular formula is C26H19FN8O. The summed E-state index contributed by atoms with van der Waals surface area (Å²) in [4.78, 5) is 33.3. The maximum atomic E-state index is 13.8. The van der Waals surface area contributed by atoms with Crippen molar-refractivity contribution in [2.24, 2.45) is 0 Å². The first-order valence-corrected chi connectivity index (χ1v) is 11.3.